The molecule has 0 bridgehead atoms. The minimum absolute atomic E-state index is 0.0770. The van der Waals surface area contributed by atoms with Crippen molar-refractivity contribution >= 4 is 17.4 Å². The molecule has 8 nitrogen and oxygen atoms in total. The molecule has 27 heavy (non-hydrogen) atoms. The van der Waals surface area contributed by atoms with E-state index in [2.05, 4.69) is 27.1 Å². The van der Waals surface area contributed by atoms with E-state index in [1.165, 1.54) is 6.20 Å². The topological polar surface area (TPSA) is 79.8 Å². The SMILES string of the molecule is CCN1CCN(C(=O)c2cnc(Nc3ccc(OC)cc3OC)cn2)CC1. The molecule has 3 rings (SSSR count). The number of benzene rings is 1. The van der Waals surface area contributed by atoms with Gasteiger partial charge in [-0.2, -0.15) is 0 Å². The Bertz CT molecular complexity index is 773. The number of ether oxygens (including phenoxy) is 2. The number of piperazine rings is 1. The molecule has 0 aliphatic carbocycles. The number of carbonyl (C=O) groups excluding carboxylic acids is 1. The van der Waals surface area contributed by atoms with Gasteiger partial charge in [-0.1, -0.05) is 6.92 Å². The molecule has 1 N–H and O–H groups in total. The van der Waals surface area contributed by atoms with Crippen LogP contribution in [0.2, 0.25) is 0 Å². The molecule has 1 saturated heterocycles. The zero-order valence-corrected chi connectivity index (χ0v) is 15.9. The van der Waals surface area contributed by atoms with E-state index in [-0.39, 0.29) is 5.91 Å². The Hall–Kier alpha value is -2.87. The van der Waals surface area contributed by atoms with Gasteiger partial charge < -0.3 is 24.6 Å². The fourth-order valence-electron chi connectivity index (χ4n) is 2.97. The number of anilines is 2. The molecule has 1 fully saturated rings. The van der Waals surface area contributed by atoms with Gasteiger partial charge in [0.15, 0.2) is 0 Å². The van der Waals surface area contributed by atoms with E-state index in [1.54, 1.807) is 26.5 Å². The Morgan fingerprint density at radius 3 is 2.48 bits per heavy atom. The normalized spacial score (nSPS) is 14.7. The lowest BCUT2D eigenvalue weighted by Gasteiger charge is -2.33. The number of aromatic nitrogens is 2. The van der Waals surface area contributed by atoms with Crippen LogP contribution in [0.4, 0.5) is 11.5 Å². The number of methoxy groups -OCH3 is 2. The molecule has 0 unspecified atom stereocenters. The predicted molar refractivity (Wildman–Crippen MR) is 103 cm³/mol. The van der Waals surface area contributed by atoms with Crippen LogP contribution in [0, 0.1) is 0 Å². The van der Waals surface area contributed by atoms with Gasteiger partial charge in [-0.25, -0.2) is 9.97 Å². The molecule has 1 amide bonds. The zero-order chi connectivity index (χ0) is 19.2. The summed E-state index contributed by atoms with van der Waals surface area (Å²) in [5.41, 5.74) is 1.09. The number of carbonyl (C=O) groups is 1. The van der Waals surface area contributed by atoms with Gasteiger partial charge in [0.1, 0.15) is 23.0 Å². The highest BCUT2D eigenvalue weighted by atomic mass is 16.5. The maximum absolute atomic E-state index is 12.6. The van der Waals surface area contributed by atoms with Gasteiger partial charge >= 0.3 is 0 Å². The van der Waals surface area contributed by atoms with Crippen LogP contribution < -0.4 is 14.8 Å². The molecule has 0 spiro atoms. The quantitative estimate of drug-likeness (QED) is 0.832. The Labute approximate surface area is 159 Å². The Morgan fingerprint density at radius 2 is 1.89 bits per heavy atom. The summed E-state index contributed by atoms with van der Waals surface area (Å²) in [6, 6.07) is 5.45. The van der Waals surface area contributed by atoms with Crippen molar-refractivity contribution in [3.05, 3.63) is 36.3 Å². The molecular formula is C19H25N5O3. The molecule has 8 heteroatoms. The molecule has 1 aromatic heterocycles. The van der Waals surface area contributed by atoms with E-state index in [1.807, 2.05) is 17.0 Å². The lowest BCUT2D eigenvalue weighted by Crippen LogP contribution is -2.48. The fraction of sp³-hybridized carbons (Fsp3) is 0.421. The van der Waals surface area contributed by atoms with Gasteiger partial charge in [-0.05, 0) is 18.7 Å². The highest BCUT2D eigenvalue weighted by Crippen LogP contribution is 2.30. The number of nitrogens with zero attached hydrogens (tertiary/aromatic N) is 4. The first-order chi connectivity index (χ1) is 13.1. The second-order valence-electron chi connectivity index (χ2n) is 6.20. The van der Waals surface area contributed by atoms with Gasteiger partial charge in [0, 0.05) is 32.2 Å². The molecule has 1 aromatic carbocycles. The van der Waals surface area contributed by atoms with Crippen molar-refractivity contribution in [3.8, 4) is 11.5 Å². The highest BCUT2D eigenvalue weighted by molar-refractivity contribution is 5.92. The monoisotopic (exact) mass is 371 g/mol. The second kappa shape index (κ2) is 8.68. The summed E-state index contributed by atoms with van der Waals surface area (Å²) in [6.45, 7) is 6.37. The molecular weight excluding hydrogens is 346 g/mol. The van der Waals surface area contributed by atoms with Crippen molar-refractivity contribution in [2.75, 3.05) is 52.3 Å². The van der Waals surface area contributed by atoms with Crippen LogP contribution in [0.25, 0.3) is 0 Å². The maximum Gasteiger partial charge on any atom is 0.274 e. The molecule has 0 atom stereocenters. The minimum Gasteiger partial charge on any atom is -0.497 e. The number of hydrogen-bond acceptors (Lipinski definition) is 7. The summed E-state index contributed by atoms with van der Waals surface area (Å²) in [5, 5.41) is 3.15. The van der Waals surface area contributed by atoms with E-state index in [9.17, 15) is 4.79 Å². The molecule has 0 radical (unpaired) electrons. The molecule has 1 aliphatic heterocycles. The average molecular weight is 371 g/mol. The highest BCUT2D eigenvalue weighted by Gasteiger charge is 2.22. The van der Waals surface area contributed by atoms with E-state index in [0.29, 0.717) is 23.0 Å². The van der Waals surface area contributed by atoms with Crippen molar-refractivity contribution < 1.29 is 14.3 Å². The molecule has 1 aliphatic rings. The first-order valence-electron chi connectivity index (χ1n) is 8.97. The summed E-state index contributed by atoms with van der Waals surface area (Å²) < 4.78 is 10.6. The predicted octanol–water partition coefficient (Wildman–Crippen LogP) is 2.02. The standard InChI is InChI=1S/C19H25N5O3/c1-4-23-7-9-24(10-8-23)19(25)16-12-21-18(13-20-16)22-15-6-5-14(26-2)11-17(15)27-3/h5-6,11-13H,4,7-10H2,1-3H3,(H,21,22). The Morgan fingerprint density at radius 1 is 1.11 bits per heavy atom. The summed E-state index contributed by atoms with van der Waals surface area (Å²) in [6.07, 6.45) is 3.06. The van der Waals surface area contributed by atoms with Gasteiger partial charge in [-0.15, -0.1) is 0 Å². The van der Waals surface area contributed by atoms with Gasteiger partial charge in [-0.3, -0.25) is 4.79 Å². The van der Waals surface area contributed by atoms with Crippen molar-refractivity contribution in [1.82, 2.24) is 19.8 Å². The van der Waals surface area contributed by atoms with Gasteiger partial charge in [0.2, 0.25) is 0 Å². The maximum atomic E-state index is 12.6. The lowest BCUT2D eigenvalue weighted by molar-refractivity contribution is 0.0637. The van der Waals surface area contributed by atoms with Crippen LogP contribution in [0.5, 0.6) is 11.5 Å². The number of nitrogens with one attached hydrogen (secondary N) is 1. The molecule has 2 aromatic rings. The summed E-state index contributed by atoms with van der Waals surface area (Å²) in [4.78, 5) is 25.3. The van der Waals surface area contributed by atoms with Gasteiger partial charge in [0.05, 0.1) is 32.3 Å². The van der Waals surface area contributed by atoms with Crippen LogP contribution in [0.3, 0.4) is 0 Å². The Balaban J connectivity index is 1.66. The van der Waals surface area contributed by atoms with Crippen LogP contribution in [0.15, 0.2) is 30.6 Å². The van der Waals surface area contributed by atoms with Crippen molar-refractivity contribution in [2.45, 2.75) is 6.92 Å². The third-order valence-electron chi connectivity index (χ3n) is 4.65. The van der Waals surface area contributed by atoms with Crippen LogP contribution in [-0.2, 0) is 0 Å². The summed E-state index contributed by atoms with van der Waals surface area (Å²) in [7, 11) is 3.19. The van der Waals surface area contributed by atoms with Crippen LogP contribution in [0.1, 0.15) is 17.4 Å². The largest absolute Gasteiger partial charge is 0.497 e. The zero-order valence-electron chi connectivity index (χ0n) is 15.9. The van der Waals surface area contributed by atoms with Crippen LogP contribution in [-0.4, -0.2) is 72.6 Å². The van der Waals surface area contributed by atoms with E-state index >= 15 is 0 Å². The Kier molecular flexibility index (Phi) is 6.08. The molecule has 2 heterocycles. The number of amides is 1. The van der Waals surface area contributed by atoms with Crippen molar-refractivity contribution in [3.63, 3.8) is 0 Å². The average Bonchev–Trinajstić information content (AvgIpc) is 2.74. The van der Waals surface area contributed by atoms with Gasteiger partial charge in [0.25, 0.3) is 5.91 Å². The van der Waals surface area contributed by atoms with Crippen LogP contribution >= 0.6 is 0 Å². The van der Waals surface area contributed by atoms with E-state index in [4.69, 9.17) is 9.47 Å². The fourth-order valence-corrected chi connectivity index (χ4v) is 2.97. The smallest absolute Gasteiger partial charge is 0.274 e. The number of likely N-dealkylation sites (N-methyl/N-ethyl adjacent to an activating group) is 1. The summed E-state index contributed by atoms with van der Waals surface area (Å²) >= 11 is 0. The second-order valence-corrected chi connectivity index (χ2v) is 6.20. The van der Waals surface area contributed by atoms with E-state index in [0.717, 1.165) is 38.4 Å². The first kappa shape index (κ1) is 18.9. The first-order valence-corrected chi connectivity index (χ1v) is 8.97. The summed E-state index contributed by atoms with van der Waals surface area (Å²) in [5.74, 6) is 1.79. The van der Waals surface area contributed by atoms with Crippen molar-refractivity contribution in [2.24, 2.45) is 0 Å². The third-order valence-corrected chi connectivity index (χ3v) is 4.65. The third kappa shape index (κ3) is 4.46. The van der Waals surface area contributed by atoms with Crippen molar-refractivity contribution in [1.29, 1.82) is 0 Å². The molecule has 144 valence electrons. The lowest BCUT2D eigenvalue weighted by atomic mass is 10.2. The van der Waals surface area contributed by atoms with E-state index < -0.39 is 0 Å². The number of hydrogen-bond donors (Lipinski definition) is 1. The number of rotatable bonds is 6. The molecule has 0 saturated carbocycles. The minimum atomic E-state index is -0.0770.